The molecule has 5 heteroatoms. The number of ether oxygens (including phenoxy) is 1. The highest BCUT2D eigenvalue weighted by Crippen LogP contribution is 2.23. The van der Waals surface area contributed by atoms with Crippen LogP contribution in [0.3, 0.4) is 0 Å². The van der Waals surface area contributed by atoms with Crippen molar-refractivity contribution in [2.24, 2.45) is 0 Å². The number of carboxylic acids is 1. The second-order valence-corrected chi connectivity index (χ2v) is 5.53. The number of carbonyl (C=O) groups excluding carboxylic acids is 1. The largest absolute Gasteiger partial charge is 0.497 e. The van der Waals surface area contributed by atoms with Crippen molar-refractivity contribution in [3.63, 3.8) is 0 Å². The van der Waals surface area contributed by atoms with Crippen LogP contribution in [0.25, 0.3) is 0 Å². The number of methoxy groups -OCH3 is 1. The Morgan fingerprint density at radius 3 is 2.29 bits per heavy atom. The van der Waals surface area contributed by atoms with E-state index in [9.17, 15) is 9.59 Å². The maximum atomic E-state index is 12.2. The summed E-state index contributed by atoms with van der Waals surface area (Å²) in [5.41, 5.74) is 1.82. The van der Waals surface area contributed by atoms with Gasteiger partial charge in [-0.25, -0.2) is 0 Å². The summed E-state index contributed by atoms with van der Waals surface area (Å²) in [7, 11) is 1.60. The Kier molecular flexibility index (Phi) is 6.37. The molecule has 0 spiro atoms. The number of amides is 1. The van der Waals surface area contributed by atoms with Crippen LogP contribution in [0, 0.1) is 0 Å². The molecule has 0 aliphatic rings. The van der Waals surface area contributed by atoms with Gasteiger partial charge in [-0.3, -0.25) is 9.59 Å². The van der Waals surface area contributed by atoms with Gasteiger partial charge in [-0.1, -0.05) is 42.5 Å². The maximum Gasteiger partial charge on any atom is 0.303 e. The number of carbonyl (C=O) groups is 2. The number of nitrogens with one attached hydrogen (secondary N) is 1. The SMILES string of the molecule is COc1ccc(CNC(=O)CC(CC(=O)O)c2ccccc2)cc1. The molecule has 1 atom stereocenters. The zero-order valence-electron chi connectivity index (χ0n) is 13.6. The van der Waals surface area contributed by atoms with Crippen molar-refractivity contribution >= 4 is 11.9 Å². The molecule has 2 rings (SSSR count). The molecule has 0 aromatic heterocycles. The molecule has 5 nitrogen and oxygen atoms in total. The van der Waals surface area contributed by atoms with Crippen molar-refractivity contribution in [3.8, 4) is 5.75 Å². The van der Waals surface area contributed by atoms with Gasteiger partial charge in [0.25, 0.3) is 0 Å². The van der Waals surface area contributed by atoms with Crippen LogP contribution in [-0.4, -0.2) is 24.1 Å². The minimum Gasteiger partial charge on any atom is -0.497 e. The molecule has 0 heterocycles. The van der Waals surface area contributed by atoms with E-state index in [-0.39, 0.29) is 24.7 Å². The van der Waals surface area contributed by atoms with Crippen LogP contribution < -0.4 is 10.1 Å². The fourth-order valence-corrected chi connectivity index (χ4v) is 2.48. The molecule has 0 bridgehead atoms. The first-order valence-corrected chi connectivity index (χ1v) is 7.75. The Bertz CT molecular complexity index is 668. The summed E-state index contributed by atoms with van der Waals surface area (Å²) in [4.78, 5) is 23.2. The van der Waals surface area contributed by atoms with Crippen molar-refractivity contribution in [1.29, 1.82) is 0 Å². The Hall–Kier alpha value is -2.82. The van der Waals surface area contributed by atoms with Gasteiger partial charge < -0.3 is 15.2 Å². The average molecular weight is 327 g/mol. The summed E-state index contributed by atoms with van der Waals surface area (Å²) in [5.74, 6) is -0.650. The van der Waals surface area contributed by atoms with Crippen LogP contribution in [0.15, 0.2) is 54.6 Å². The van der Waals surface area contributed by atoms with Gasteiger partial charge in [0.05, 0.1) is 13.5 Å². The van der Waals surface area contributed by atoms with Gasteiger partial charge in [0.15, 0.2) is 0 Å². The van der Waals surface area contributed by atoms with E-state index in [4.69, 9.17) is 9.84 Å². The molecule has 2 aromatic rings. The maximum absolute atomic E-state index is 12.2. The van der Waals surface area contributed by atoms with Crippen molar-refractivity contribution in [3.05, 3.63) is 65.7 Å². The van der Waals surface area contributed by atoms with Gasteiger partial charge in [0.1, 0.15) is 5.75 Å². The first-order chi connectivity index (χ1) is 11.6. The predicted molar refractivity (Wildman–Crippen MR) is 90.9 cm³/mol. The van der Waals surface area contributed by atoms with Gasteiger partial charge in [-0.15, -0.1) is 0 Å². The lowest BCUT2D eigenvalue weighted by atomic mass is 9.92. The van der Waals surface area contributed by atoms with Crippen LogP contribution in [-0.2, 0) is 16.1 Å². The second-order valence-electron chi connectivity index (χ2n) is 5.53. The minimum absolute atomic E-state index is 0.0695. The van der Waals surface area contributed by atoms with Crippen molar-refractivity contribution < 1.29 is 19.4 Å². The Balaban J connectivity index is 1.93. The molecular formula is C19H21NO4. The lowest BCUT2D eigenvalue weighted by Gasteiger charge is -2.15. The third-order valence-corrected chi connectivity index (χ3v) is 3.77. The van der Waals surface area contributed by atoms with E-state index >= 15 is 0 Å². The number of aliphatic carboxylic acids is 1. The van der Waals surface area contributed by atoms with Crippen molar-refractivity contribution in [2.45, 2.75) is 25.3 Å². The molecule has 1 unspecified atom stereocenters. The predicted octanol–water partition coefficient (Wildman–Crippen LogP) is 2.96. The molecule has 1 amide bonds. The van der Waals surface area contributed by atoms with Crippen LogP contribution in [0.2, 0.25) is 0 Å². The first-order valence-electron chi connectivity index (χ1n) is 7.75. The molecule has 0 radical (unpaired) electrons. The molecule has 0 aliphatic heterocycles. The van der Waals surface area contributed by atoms with E-state index in [1.807, 2.05) is 54.6 Å². The average Bonchev–Trinajstić information content (AvgIpc) is 2.60. The van der Waals surface area contributed by atoms with Crippen LogP contribution in [0.5, 0.6) is 5.75 Å². The summed E-state index contributed by atoms with van der Waals surface area (Å²) < 4.78 is 5.09. The number of hydrogen-bond donors (Lipinski definition) is 2. The highest BCUT2D eigenvalue weighted by atomic mass is 16.5. The molecule has 2 N–H and O–H groups in total. The molecule has 24 heavy (non-hydrogen) atoms. The Morgan fingerprint density at radius 1 is 1.04 bits per heavy atom. The molecule has 0 aliphatic carbocycles. The lowest BCUT2D eigenvalue weighted by Crippen LogP contribution is -2.25. The Labute approximate surface area is 141 Å². The number of carboxylic acid groups (broad SMARTS) is 1. The lowest BCUT2D eigenvalue weighted by molar-refractivity contribution is -0.137. The summed E-state index contributed by atoms with van der Waals surface area (Å²) >= 11 is 0. The zero-order valence-corrected chi connectivity index (χ0v) is 13.6. The van der Waals surface area contributed by atoms with E-state index in [1.54, 1.807) is 7.11 Å². The fraction of sp³-hybridized carbons (Fsp3) is 0.263. The quantitative estimate of drug-likeness (QED) is 0.781. The van der Waals surface area contributed by atoms with Crippen molar-refractivity contribution in [1.82, 2.24) is 5.32 Å². The molecular weight excluding hydrogens is 306 g/mol. The molecule has 0 saturated carbocycles. The van der Waals surface area contributed by atoms with E-state index in [2.05, 4.69) is 5.32 Å². The topological polar surface area (TPSA) is 75.6 Å². The number of benzene rings is 2. The highest BCUT2D eigenvalue weighted by molar-refractivity contribution is 5.78. The fourth-order valence-electron chi connectivity index (χ4n) is 2.48. The third-order valence-electron chi connectivity index (χ3n) is 3.77. The van der Waals surface area contributed by atoms with Crippen molar-refractivity contribution in [2.75, 3.05) is 7.11 Å². The van der Waals surface area contributed by atoms with Crippen LogP contribution in [0.1, 0.15) is 29.9 Å². The number of hydrogen-bond acceptors (Lipinski definition) is 3. The van der Waals surface area contributed by atoms with E-state index in [0.29, 0.717) is 6.54 Å². The van der Waals surface area contributed by atoms with Gasteiger partial charge in [0, 0.05) is 18.9 Å². The molecule has 0 saturated heterocycles. The molecule has 2 aromatic carbocycles. The van der Waals surface area contributed by atoms with Crippen LogP contribution in [0.4, 0.5) is 0 Å². The monoisotopic (exact) mass is 327 g/mol. The Morgan fingerprint density at radius 2 is 1.71 bits per heavy atom. The van der Waals surface area contributed by atoms with E-state index < -0.39 is 5.97 Å². The normalized spacial score (nSPS) is 11.5. The summed E-state index contributed by atoms with van der Waals surface area (Å²) in [6.45, 7) is 0.400. The van der Waals surface area contributed by atoms with E-state index in [1.165, 1.54) is 0 Å². The summed E-state index contributed by atoms with van der Waals surface area (Å²) in [5, 5.41) is 11.9. The number of rotatable bonds is 8. The molecule has 0 fully saturated rings. The zero-order chi connectivity index (χ0) is 17.4. The van der Waals surface area contributed by atoms with Gasteiger partial charge >= 0.3 is 5.97 Å². The van der Waals surface area contributed by atoms with Crippen LogP contribution >= 0.6 is 0 Å². The second kappa shape index (κ2) is 8.72. The van der Waals surface area contributed by atoms with E-state index in [0.717, 1.165) is 16.9 Å². The standard InChI is InChI=1S/C19H21NO4/c1-24-17-9-7-14(8-10-17)13-20-18(21)11-16(12-19(22)23)15-5-3-2-4-6-15/h2-10,16H,11-13H2,1H3,(H,20,21)(H,22,23). The first kappa shape index (κ1) is 17.5. The third kappa shape index (κ3) is 5.43. The van der Waals surface area contributed by atoms with Gasteiger partial charge in [-0.05, 0) is 23.3 Å². The van der Waals surface area contributed by atoms with Gasteiger partial charge in [-0.2, -0.15) is 0 Å². The summed E-state index contributed by atoms with van der Waals surface area (Å²) in [6, 6.07) is 16.7. The highest BCUT2D eigenvalue weighted by Gasteiger charge is 2.19. The minimum atomic E-state index is -0.910. The smallest absolute Gasteiger partial charge is 0.303 e. The molecule has 126 valence electrons. The van der Waals surface area contributed by atoms with Gasteiger partial charge in [0.2, 0.25) is 5.91 Å². The summed E-state index contributed by atoms with van der Waals surface area (Å²) in [6.07, 6.45) is 0.0758.